The number of alkyl halides is 1. The van der Waals surface area contributed by atoms with Gasteiger partial charge in [-0.2, -0.15) is 0 Å². The Morgan fingerprint density at radius 1 is 1.33 bits per heavy atom. The molecule has 1 saturated carbocycles. The van der Waals surface area contributed by atoms with Gasteiger partial charge in [0.05, 0.1) is 4.83 Å². The molecule has 0 bridgehead atoms. The normalized spacial score (nSPS) is 33.4. The minimum atomic E-state index is 0.0537. The summed E-state index contributed by atoms with van der Waals surface area (Å²) in [6.45, 7) is 8.66. The fourth-order valence-electron chi connectivity index (χ4n) is 2.38. The van der Waals surface area contributed by atoms with Crippen LogP contribution in [0.1, 0.15) is 40.5 Å². The van der Waals surface area contributed by atoms with Crippen LogP contribution in [0.25, 0.3) is 0 Å². The van der Waals surface area contributed by atoms with Crippen LogP contribution in [0.5, 0.6) is 0 Å². The zero-order valence-corrected chi connectivity index (χ0v) is 9.86. The van der Waals surface area contributed by atoms with Crippen molar-refractivity contribution in [2.45, 2.75) is 45.4 Å². The average Bonchev–Trinajstić information content (AvgIpc) is 1.79. The van der Waals surface area contributed by atoms with E-state index in [2.05, 4.69) is 43.6 Å². The van der Waals surface area contributed by atoms with E-state index >= 15 is 0 Å². The molecule has 0 heterocycles. The van der Waals surface area contributed by atoms with E-state index in [0.717, 1.165) is 6.42 Å². The lowest BCUT2D eigenvalue weighted by molar-refractivity contribution is -0.125. The first-order chi connectivity index (χ1) is 5.25. The van der Waals surface area contributed by atoms with Gasteiger partial charge in [-0.15, -0.1) is 0 Å². The van der Waals surface area contributed by atoms with E-state index in [0.29, 0.717) is 12.2 Å². The highest BCUT2D eigenvalue weighted by Gasteiger charge is 2.44. The Hall–Kier alpha value is 0.150. The molecule has 70 valence electrons. The van der Waals surface area contributed by atoms with E-state index in [4.69, 9.17) is 0 Å². The second-order valence-electron chi connectivity index (χ2n) is 5.34. The van der Waals surface area contributed by atoms with Gasteiger partial charge in [-0.25, -0.2) is 0 Å². The van der Waals surface area contributed by atoms with E-state index in [1.54, 1.807) is 0 Å². The van der Waals surface area contributed by atoms with Gasteiger partial charge in [0, 0.05) is 6.42 Å². The summed E-state index contributed by atoms with van der Waals surface area (Å²) in [7, 11) is 0. The van der Waals surface area contributed by atoms with Crippen molar-refractivity contribution in [3.63, 3.8) is 0 Å². The molecule has 0 aliphatic heterocycles. The summed E-state index contributed by atoms with van der Waals surface area (Å²) in [6, 6.07) is 0. The van der Waals surface area contributed by atoms with E-state index in [9.17, 15) is 4.79 Å². The summed E-state index contributed by atoms with van der Waals surface area (Å²) in [5.41, 5.74) is 0.295. The third kappa shape index (κ3) is 1.90. The van der Waals surface area contributed by atoms with Crippen molar-refractivity contribution in [1.29, 1.82) is 0 Å². The molecule has 0 N–H and O–H groups in total. The monoisotopic (exact) mass is 232 g/mol. The molecule has 0 spiro atoms. The van der Waals surface area contributed by atoms with E-state index in [1.165, 1.54) is 0 Å². The molecule has 0 aromatic carbocycles. The van der Waals surface area contributed by atoms with Gasteiger partial charge in [-0.1, -0.05) is 43.6 Å². The number of hydrogen-bond acceptors (Lipinski definition) is 1. The first kappa shape index (κ1) is 10.2. The van der Waals surface area contributed by atoms with Crippen molar-refractivity contribution < 1.29 is 4.79 Å². The maximum absolute atomic E-state index is 11.6. The second kappa shape index (κ2) is 2.83. The minimum Gasteiger partial charge on any atom is -0.298 e. The standard InChI is InChI=1S/C10H17BrO/c1-9(2)5-7(12)8(11)10(3,4)6-9/h8H,5-6H2,1-4H3/t8-/m0/s1. The van der Waals surface area contributed by atoms with Crippen LogP contribution in [0.3, 0.4) is 0 Å². The van der Waals surface area contributed by atoms with Gasteiger partial charge < -0.3 is 0 Å². The SMILES string of the molecule is CC1(C)CC(=O)[C@H](Br)C(C)(C)C1. The number of ketones is 1. The molecule has 0 radical (unpaired) electrons. The van der Waals surface area contributed by atoms with Crippen LogP contribution in [-0.2, 0) is 4.79 Å². The molecule has 1 aliphatic rings. The van der Waals surface area contributed by atoms with E-state index < -0.39 is 0 Å². The summed E-state index contributed by atoms with van der Waals surface area (Å²) in [6.07, 6.45) is 1.83. The molecule has 0 unspecified atom stereocenters. The lowest BCUT2D eigenvalue weighted by atomic mass is 9.65. The van der Waals surface area contributed by atoms with Crippen LogP contribution in [-0.4, -0.2) is 10.6 Å². The van der Waals surface area contributed by atoms with Crippen LogP contribution in [0.15, 0.2) is 0 Å². The number of rotatable bonds is 0. The van der Waals surface area contributed by atoms with Crippen molar-refractivity contribution in [3.8, 4) is 0 Å². The van der Waals surface area contributed by atoms with Gasteiger partial charge in [0.2, 0.25) is 0 Å². The lowest BCUT2D eigenvalue weighted by Crippen LogP contribution is -2.43. The zero-order chi connectivity index (χ0) is 9.57. The average molecular weight is 233 g/mol. The van der Waals surface area contributed by atoms with Crippen molar-refractivity contribution in [2.75, 3.05) is 0 Å². The molecule has 1 aliphatic carbocycles. The number of carbonyl (C=O) groups excluding carboxylic acids is 1. The molecule has 12 heavy (non-hydrogen) atoms. The maximum atomic E-state index is 11.6. The number of carbonyl (C=O) groups is 1. The fraction of sp³-hybridized carbons (Fsp3) is 0.900. The van der Waals surface area contributed by atoms with Crippen LogP contribution >= 0.6 is 15.9 Å². The van der Waals surface area contributed by atoms with Crippen LogP contribution in [0, 0.1) is 10.8 Å². The fourth-order valence-corrected chi connectivity index (χ4v) is 2.71. The highest BCUT2D eigenvalue weighted by molar-refractivity contribution is 9.10. The van der Waals surface area contributed by atoms with Gasteiger partial charge in [-0.3, -0.25) is 4.79 Å². The van der Waals surface area contributed by atoms with Gasteiger partial charge in [0.25, 0.3) is 0 Å². The Bertz CT molecular complexity index is 206. The lowest BCUT2D eigenvalue weighted by Gasteiger charge is -2.42. The molecule has 0 aromatic heterocycles. The Morgan fingerprint density at radius 2 is 1.83 bits per heavy atom. The van der Waals surface area contributed by atoms with E-state index in [-0.39, 0.29) is 15.7 Å². The molecule has 1 nitrogen and oxygen atoms in total. The molecule has 2 heteroatoms. The smallest absolute Gasteiger partial charge is 0.147 e. The van der Waals surface area contributed by atoms with Crippen molar-refractivity contribution in [2.24, 2.45) is 10.8 Å². The summed E-state index contributed by atoms with van der Waals surface area (Å²) in [5.74, 6) is 0.358. The minimum absolute atomic E-state index is 0.0537. The van der Waals surface area contributed by atoms with Gasteiger partial charge >= 0.3 is 0 Å². The topological polar surface area (TPSA) is 17.1 Å². The molecular weight excluding hydrogens is 216 g/mol. The quantitative estimate of drug-likeness (QED) is 0.587. The first-order valence-corrected chi connectivity index (χ1v) is 5.33. The predicted octanol–water partition coefficient (Wildman–Crippen LogP) is 3.17. The van der Waals surface area contributed by atoms with Gasteiger partial charge in [0.15, 0.2) is 0 Å². The van der Waals surface area contributed by atoms with Crippen molar-refractivity contribution in [1.82, 2.24) is 0 Å². The van der Waals surface area contributed by atoms with E-state index in [1.807, 2.05) is 0 Å². The number of halogens is 1. The highest BCUT2D eigenvalue weighted by atomic mass is 79.9. The highest BCUT2D eigenvalue weighted by Crippen LogP contribution is 2.46. The molecule has 1 atom stereocenters. The molecular formula is C10H17BrO. The van der Waals surface area contributed by atoms with Gasteiger partial charge in [-0.05, 0) is 17.3 Å². The van der Waals surface area contributed by atoms with Crippen LogP contribution in [0.2, 0.25) is 0 Å². The van der Waals surface area contributed by atoms with Crippen LogP contribution < -0.4 is 0 Å². The third-order valence-electron chi connectivity index (χ3n) is 2.56. The number of hydrogen-bond donors (Lipinski definition) is 0. The summed E-state index contributed by atoms with van der Waals surface area (Å²) in [4.78, 5) is 11.6. The Balaban J connectivity index is 2.87. The summed E-state index contributed by atoms with van der Waals surface area (Å²) >= 11 is 3.48. The largest absolute Gasteiger partial charge is 0.298 e. The maximum Gasteiger partial charge on any atom is 0.147 e. The molecule has 1 fully saturated rings. The second-order valence-corrected chi connectivity index (χ2v) is 6.25. The Morgan fingerprint density at radius 3 is 2.25 bits per heavy atom. The zero-order valence-electron chi connectivity index (χ0n) is 8.28. The molecule has 1 rings (SSSR count). The summed E-state index contributed by atoms with van der Waals surface area (Å²) < 4.78 is 0. The number of Topliss-reactive ketones (excluding diaryl/α,β-unsaturated/α-hetero) is 1. The van der Waals surface area contributed by atoms with Crippen molar-refractivity contribution in [3.05, 3.63) is 0 Å². The third-order valence-corrected chi connectivity index (χ3v) is 4.31. The molecule has 0 amide bonds. The Labute approximate surface area is 83.0 Å². The Kier molecular flexibility index (Phi) is 2.41. The van der Waals surface area contributed by atoms with Crippen molar-refractivity contribution >= 4 is 21.7 Å². The first-order valence-electron chi connectivity index (χ1n) is 4.41. The summed E-state index contributed by atoms with van der Waals surface area (Å²) in [5, 5.41) is 0. The molecule has 0 aromatic rings. The predicted molar refractivity (Wildman–Crippen MR) is 54.5 cm³/mol. The molecule has 0 saturated heterocycles. The van der Waals surface area contributed by atoms with Crippen LogP contribution in [0.4, 0.5) is 0 Å². The van der Waals surface area contributed by atoms with Gasteiger partial charge in [0.1, 0.15) is 5.78 Å².